The molecule has 1 amide bonds. The standard InChI is InChI=1S/C19H22N2O2S.ClH/c1-3-14-4-6-15(7-5-14)16-12-20-10-11-21(16)19(23)18-9-8-17(24-18)13(2)22;/h4-9,16,20H,3,10-12H2,1-2H3;1H. The van der Waals surface area contributed by atoms with E-state index in [2.05, 4.69) is 36.5 Å². The number of halogens is 1. The average molecular weight is 379 g/mol. The third-order valence-corrected chi connectivity index (χ3v) is 5.61. The number of nitrogens with zero attached hydrogens (tertiary/aromatic N) is 1. The lowest BCUT2D eigenvalue weighted by atomic mass is 10.0. The molecule has 4 nitrogen and oxygen atoms in total. The summed E-state index contributed by atoms with van der Waals surface area (Å²) in [5, 5.41) is 3.38. The van der Waals surface area contributed by atoms with Gasteiger partial charge in [-0.15, -0.1) is 23.7 Å². The lowest BCUT2D eigenvalue weighted by molar-refractivity contribution is 0.0639. The third kappa shape index (κ3) is 4.29. The Balaban J connectivity index is 0.00000225. The number of ketones is 1. The second kappa shape index (κ2) is 8.61. The number of amides is 1. The number of piperazine rings is 1. The molecule has 1 aliphatic heterocycles. The summed E-state index contributed by atoms with van der Waals surface area (Å²) >= 11 is 1.28. The van der Waals surface area contributed by atoms with E-state index in [1.807, 2.05) is 4.90 Å². The van der Waals surface area contributed by atoms with Gasteiger partial charge < -0.3 is 10.2 Å². The van der Waals surface area contributed by atoms with Crippen molar-refractivity contribution in [3.8, 4) is 0 Å². The molecule has 1 saturated heterocycles. The summed E-state index contributed by atoms with van der Waals surface area (Å²) in [7, 11) is 0. The first kappa shape index (κ1) is 19.6. The van der Waals surface area contributed by atoms with Gasteiger partial charge in [0.05, 0.1) is 15.8 Å². The highest BCUT2D eigenvalue weighted by Crippen LogP contribution is 2.27. The van der Waals surface area contributed by atoms with Gasteiger partial charge in [-0.25, -0.2) is 0 Å². The largest absolute Gasteiger partial charge is 0.328 e. The van der Waals surface area contributed by atoms with E-state index in [-0.39, 0.29) is 30.1 Å². The van der Waals surface area contributed by atoms with Crippen molar-refractivity contribution in [3.63, 3.8) is 0 Å². The van der Waals surface area contributed by atoms with E-state index in [9.17, 15) is 9.59 Å². The van der Waals surface area contributed by atoms with Gasteiger partial charge in [0.1, 0.15) is 0 Å². The summed E-state index contributed by atoms with van der Waals surface area (Å²) in [5.41, 5.74) is 2.45. The van der Waals surface area contributed by atoms with Crippen LogP contribution in [-0.2, 0) is 6.42 Å². The number of aryl methyl sites for hydroxylation is 1. The summed E-state index contributed by atoms with van der Waals surface area (Å²) in [6.45, 7) is 5.88. The number of carbonyl (C=O) groups excluding carboxylic acids is 2. The Hall–Kier alpha value is -1.69. The van der Waals surface area contributed by atoms with Crippen LogP contribution in [0.5, 0.6) is 0 Å². The number of nitrogens with one attached hydrogen (secondary N) is 1. The van der Waals surface area contributed by atoms with E-state index in [0.29, 0.717) is 16.3 Å². The van der Waals surface area contributed by atoms with E-state index in [0.717, 1.165) is 25.1 Å². The van der Waals surface area contributed by atoms with E-state index >= 15 is 0 Å². The lowest BCUT2D eigenvalue weighted by Gasteiger charge is -2.36. The maximum absolute atomic E-state index is 12.9. The molecule has 1 aliphatic rings. The quantitative estimate of drug-likeness (QED) is 0.825. The van der Waals surface area contributed by atoms with Crippen LogP contribution in [0.15, 0.2) is 36.4 Å². The SMILES string of the molecule is CCc1ccc(C2CNCCN2C(=O)c2ccc(C(C)=O)s2)cc1.Cl. The van der Waals surface area contributed by atoms with Gasteiger partial charge in [0.2, 0.25) is 0 Å². The Morgan fingerprint density at radius 1 is 1.16 bits per heavy atom. The Kier molecular flexibility index (Phi) is 6.76. The summed E-state index contributed by atoms with van der Waals surface area (Å²) in [4.78, 5) is 27.6. The van der Waals surface area contributed by atoms with Gasteiger partial charge in [-0.3, -0.25) is 9.59 Å². The molecule has 1 fully saturated rings. The highest BCUT2D eigenvalue weighted by Gasteiger charge is 2.29. The van der Waals surface area contributed by atoms with E-state index in [1.54, 1.807) is 12.1 Å². The molecular weight excluding hydrogens is 356 g/mol. The predicted octanol–water partition coefficient (Wildman–Crippen LogP) is 3.72. The highest BCUT2D eigenvalue weighted by molar-refractivity contribution is 7.15. The normalized spacial score (nSPS) is 17.0. The topological polar surface area (TPSA) is 49.4 Å². The van der Waals surface area contributed by atoms with E-state index < -0.39 is 0 Å². The van der Waals surface area contributed by atoms with Crippen molar-refractivity contribution in [2.45, 2.75) is 26.3 Å². The summed E-state index contributed by atoms with van der Waals surface area (Å²) < 4.78 is 0. The number of carbonyl (C=O) groups is 2. The Labute approximate surface area is 158 Å². The van der Waals surface area contributed by atoms with Crippen LogP contribution in [-0.4, -0.2) is 36.2 Å². The first-order chi connectivity index (χ1) is 11.6. The molecule has 0 aliphatic carbocycles. The fourth-order valence-electron chi connectivity index (χ4n) is 3.00. The molecule has 1 aromatic heterocycles. The molecule has 0 saturated carbocycles. The number of hydrogen-bond acceptors (Lipinski definition) is 4. The third-order valence-electron chi connectivity index (χ3n) is 4.44. The minimum Gasteiger partial charge on any atom is -0.328 e. The second-order valence-electron chi connectivity index (χ2n) is 6.03. The minimum absolute atomic E-state index is 0. The Morgan fingerprint density at radius 2 is 1.84 bits per heavy atom. The van der Waals surface area contributed by atoms with E-state index in [4.69, 9.17) is 0 Å². The molecule has 6 heteroatoms. The molecule has 1 N–H and O–H groups in total. The van der Waals surface area contributed by atoms with Crippen LogP contribution in [0.2, 0.25) is 0 Å². The van der Waals surface area contributed by atoms with Crippen molar-refractivity contribution in [2.24, 2.45) is 0 Å². The van der Waals surface area contributed by atoms with Gasteiger partial charge in [0.25, 0.3) is 5.91 Å². The van der Waals surface area contributed by atoms with Gasteiger partial charge in [0.15, 0.2) is 5.78 Å². The average Bonchev–Trinajstić information content (AvgIpc) is 3.12. The van der Waals surface area contributed by atoms with E-state index in [1.165, 1.54) is 23.8 Å². The lowest BCUT2D eigenvalue weighted by Crippen LogP contribution is -2.48. The monoisotopic (exact) mass is 378 g/mol. The van der Waals surface area contributed by atoms with Crippen LogP contribution in [0.1, 0.15) is 50.4 Å². The van der Waals surface area contributed by atoms with Crippen LogP contribution in [0.4, 0.5) is 0 Å². The van der Waals surface area contributed by atoms with Gasteiger partial charge in [0, 0.05) is 19.6 Å². The molecule has 2 heterocycles. The van der Waals surface area contributed by atoms with Crippen LogP contribution in [0, 0.1) is 0 Å². The summed E-state index contributed by atoms with van der Waals surface area (Å²) in [5.74, 6) is 0.0182. The number of rotatable bonds is 4. The zero-order valence-corrected chi connectivity index (χ0v) is 16.1. The maximum Gasteiger partial charge on any atom is 0.264 e. The molecule has 134 valence electrons. The van der Waals surface area contributed by atoms with Crippen molar-refractivity contribution >= 4 is 35.4 Å². The molecule has 1 atom stereocenters. The van der Waals surface area contributed by atoms with Crippen molar-refractivity contribution in [2.75, 3.05) is 19.6 Å². The fourth-order valence-corrected chi connectivity index (χ4v) is 3.86. The van der Waals surface area contributed by atoms with Crippen LogP contribution in [0.25, 0.3) is 0 Å². The van der Waals surface area contributed by atoms with Crippen molar-refractivity contribution in [1.82, 2.24) is 10.2 Å². The molecule has 1 unspecified atom stereocenters. The molecule has 1 aromatic carbocycles. The van der Waals surface area contributed by atoms with Crippen LogP contribution < -0.4 is 5.32 Å². The zero-order valence-electron chi connectivity index (χ0n) is 14.5. The van der Waals surface area contributed by atoms with Crippen molar-refractivity contribution in [3.05, 3.63) is 57.3 Å². The number of thiophene rings is 1. The second-order valence-corrected chi connectivity index (χ2v) is 7.12. The van der Waals surface area contributed by atoms with Crippen molar-refractivity contribution < 1.29 is 9.59 Å². The van der Waals surface area contributed by atoms with Crippen LogP contribution >= 0.6 is 23.7 Å². The van der Waals surface area contributed by atoms with Gasteiger partial charge in [-0.1, -0.05) is 31.2 Å². The molecular formula is C19H23ClN2O2S. The van der Waals surface area contributed by atoms with Crippen molar-refractivity contribution in [1.29, 1.82) is 0 Å². The molecule has 2 aromatic rings. The highest BCUT2D eigenvalue weighted by atomic mass is 35.5. The molecule has 0 radical (unpaired) electrons. The van der Waals surface area contributed by atoms with Gasteiger partial charge in [-0.05, 0) is 36.6 Å². The van der Waals surface area contributed by atoms with Crippen LogP contribution in [0.3, 0.4) is 0 Å². The first-order valence-electron chi connectivity index (χ1n) is 8.31. The minimum atomic E-state index is 0. The smallest absolute Gasteiger partial charge is 0.264 e. The predicted molar refractivity (Wildman–Crippen MR) is 104 cm³/mol. The van der Waals surface area contributed by atoms with Gasteiger partial charge in [-0.2, -0.15) is 0 Å². The zero-order chi connectivity index (χ0) is 17.1. The van der Waals surface area contributed by atoms with Gasteiger partial charge >= 0.3 is 0 Å². The first-order valence-corrected chi connectivity index (χ1v) is 9.13. The molecule has 25 heavy (non-hydrogen) atoms. The number of Topliss-reactive ketones (excluding diaryl/α,β-unsaturated/α-hetero) is 1. The number of hydrogen-bond donors (Lipinski definition) is 1. The molecule has 3 rings (SSSR count). The molecule has 0 spiro atoms. The molecule has 0 bridgehead atoms. The summed E-state index contributed by atoms with van der Waals surface area (Å²) in [6, 6.07) is 12.0. The number of benzene rings is 1. The maximum atomic E-state index is 12.9. The Bertz CT molecular complexity index is 742. The Morgan fingerprint density at radius 3 is 2.44 bits per heavy atom. The fraction of sp³-hybridized carbons (Fsp3) is 0.368. The summed E-state index contributed by atoms with van der Waals surface area (Å²) in [6.07, 6.45) is 1.01.